The molecule has 0 radical (unpaired) electrons. The summed E-state index contributed by atoms with van der Waals surface area (Å²) in [7, 11) is 1.83. The van der Waals surface area contributed by atoms with E-state index in [9.17, 15) is 4.79 Å². The van der Waals surface area contributed by atoms with Gasteiger partial charge in [-0.1, -0.05) is 19.3 Å². The number of hydrogen-bond donors (Lipinski definition) is 1. The van der Waals surface area contributed by atoms with Gasteiger partial charge in [0.05, 0.1) is 6.54 Å². The van der Waals surface area contributed by atoms with Gasteiger partial charge >= 0.3 is 0 Å². The molecule has 0 aromatic heterocycles. The summed E-state index contributed by atoms with van der Waals surface area (Å²) in [6.45, 7) is 2.60. The zero-order chi connectivity index (χ0) is 14.4. The maximum atomic E-state index is 12.3. The maximum Gasteiger partial charge on any atom is 0.240 e. The Hall–Kier alpha value is -1.55. The number of carbonyl (C=O) groups is 1. The molecule has 0 atom stereocenters. The first-order chi connectivity index (χ1) is 9.66. The average molecular weight is 275 g/mol. The van der Waals surface area contributed by atoms with E-state index in [0.29, 0.717) is 6.54 Å². The Labute approximate surface area is 121 Å². The molecule has 4 heteroatoms. The van der Waals surface area contributed by atoms with Gasteiger partial charge in [0.15, 0.2) is 0 Å². The first-order valence-corrected chi connectivity index (χ1v) is 7.51. The van der Waals surface area contributed by atoms with Crippen molar-refractivity contribution in [2.75, 3.05) is 37.3 Å². The van der Waals surface area contributed by atoms with Crippen molar-refractivity contribution < 1.29 is 4.79 Å². The van der Waals surface area contributed by atoms with Crippen LogP contribution in [0, 0.1) is 0 Å². The summed E-state index contributed by atoms with van der Waals surface area (Å²) in [5, 5.41) is 0. The van der Waals surface area contributed by atoms with E-state index in [1.807, 2.05) is 31.3 Å². The smallest absolute Gasteiger partial charge is 0.240 e. The van der Waals surface area contributed by atoms with Crippen molar-refractivity contribution in [2.45, 2.75) is 32.1 Å². The molecular weight excluding hydrogens is 250 g/mol. The summed E-state index contributed by atoms with van der Waals surface area (Å²) in [5.41, 5.74) is 7.29. The molecule has 1 fully saturated rings. The minimum Gasteiger partial charge on any atom is -0.399 e. The van der Waals surface area contributed by atoms with Crippen LogP contribution in [0.4, 0.5) is 11.4 Å². The third-order valence-electron chi connectivity index (χ3n) is 3.96. The Balaban J connectivity index is 1.90. The Morgan fingerprint density at radius 3 is 2.25 bits per heavy atom. The number of amides is 1. The summed E-state index contributed by atoms with van der Waals surface area (Å²) >= 11 is 0. The summed E-state index contributed by atoms with van der Waals surface area (Å²) in [4.78, 5) is 16.4. The number of nitrogen functional groups attached to an aromatic ring is 1. The predicted molar refractivity (Wildman–Crippen MR) is 83.8 cm³/mol. The molecule has 1 heterocycles. The number of carbonyl (C=O) groups excluding carboxylic acids is 1. The van der Waals surface area contributed by atoms with Crippen molar-refractivity contribution in [3.63, 3.8) is 0 Å². The van der Waals surface area contributed by atoms with Crippen molar-refractivity contribution in [2.24, 2.45) is 0 Å². The van der Waals surface area contributed by atoms with Gasteiger partial charge in [-0.2, -0.15) is 0 Å². The van der Waals surface area contributed by atoms with Crippen molar-refractivity contribution in [3.05, 3.63) is 24.3 Å². The molecule has 0 spiro atoms. The van der Waals surface area contributed by atoms with Gasteiger partial charge in [-0.25, -0.2) is 0 Å². The molecular formula is C16H25N3O. The average Bonchev–Trinajstić information content (AvgIpc) is 2.41. The van der Waals surface area contributed by atoms with Crippen LogP contribution in [0.15, 0.2) is 24.3 Å². The first kappa shape index (κ1) is 14.9. The van der Waals surface area contributed by atoms with Crippen molar-refractivity contribution in [1.29, 1.82) is 0 Å². The first-order valence-electron chi connectivity index (χ1n) is 7.51. The van der Waals surface area contributed by atoms with Crippen LogP contribution >= 0.6 is 0 Å². The molecule has 0 aliphatic carbocycles. The molecule has 0 bridgehead atoms. The number of likely N-dealkylation sites (N-methyl/N-ethyl adjacent to an activating group) is 1. The minimum atomic E-state index is 0.148. The third-order valence-corrected chi connectivity index (χ3v) is 3.96. The van der Waals surface area contributed by atoms with Gasteiger partial charge in [0, 0.05) is 18.4 Å². The van der Waals surface area contributed by atoms with E-state index in [4.69, 9.17) is 5.73 Å². The molecule has 2 N–H and O–H groups in total. The third kappa shape index (κ3) is 4.23. The molecule has 1 amide bonds. The second-order valence-corrected chi connectivity index (χ2v) is 5.59. The Kier molecular flexibility index (Phi) is 5.41. The van der Waals surface area contributed by atoms with Crippen LogP contribution in [0.25, 0.3) is 0 Å². The number of nitrogens with zero attached hydrogens (tertiary/aromatic N) is 2. The lowest BCUT2D eigenvalue weighted by molar-refractivity contribution is -0.119. The van der Waals surface area contributed by atoms with Crippen LogP contribution in [-0.2, 0) is 4.79 Å². The SMILES string of the molecule is CN(C(=O)CN1CCCCCCC1)c1ccc(N)cc1. The fraction of sp³-hybridized carbons (Fsp3) is 0.562. The van der Waals surface area contributed by atoms with Gasteiger partial charge in [-0.15, -0.1) is 0 Å². The fourth-order valence-corrected chi connectivity index (χ4v) is 2.61. The number of rotatable bonds is 3. The molecule has 1 saturated heterocycles. The van der Waals surface area contributed by atoms with Crippen molar-refractivity contribution >= 4 is 17.3 Å². The molecule has 4 nitrogen and oxygen atoms in total. The molecule has 1 aromatic rings. The van der Waals surface area contributed by atoms with Crippen LogP contribution in [0.3, 0.4) is 0 Å². The molecule has 1 aliphatic rings. The largest absolute Gasteiger partial charge is 0.399 e. The molecule has 1 aliphatic heterocycles. The van der Waals surface area contributed by atoms with Crippen molar-refractivity contribution in [3.8, 4) is 0 Å². The second-order valence-electron chi connectivity index (χ2n) is 5.59. The number of nitrogens with two attached hydrogens (primary N) is 1. The monoisotopic (exact) mass is 275 g/mol. The van der Waals surface area contributed by atoms with Gasteiger partial charge in [0.25, 0.3) is 0 Å². The molecule has 110 valence electrons. The summed E-state index contributed by atoms with van der Waals surface area (Å²) in [5.74, 6) is 0.148. The maximum absolute atomic E-state index is 12.3. The highest BCUT2D eigenvalue weighted by atomic mass is 16.2. The predicted octanol–water partition coefficient (Wildman–Crippen LogP) is 2.50. The van der Waals surface area contributed by atoms with E-state index in [-0.39, 0.29) is 5.91 Å². The van der Waals surface area contributed by atoms with Crippen molar-refractivity contribution in [1.82, 2.24) is 4.90 Å². The van der Waals surface area contributed by atoms with Crippen LogP contribution in [0.5, 0.6) is 0 Å². The standard InChI is InChI=1S/C16H25N3O/c1-18(15-9-7-14(17)8-10-15)16(20)13-19-11-5-3-2-4-6-12-19/h7-10H,2-6,11-13,17H2,1H3. The quantitative estimate of drug-likeness (QED) is 0.862. The van der Waals surface area contributed by atoms with Gasteiger partial charge in [-0.3, -0.25) is 9.69 Å². The van der Waals surface area contributed by atoms with E-state index in [1.54, 1.807) is 4.90 Å². The lowest BCUT2D eigenvalue weighted by Crippen LogP contribution is -2.39. The number of hydrogen-bond acceptors (Lipinski definition) is 3. The highest BCUT2D eigenvalue weighted by Gasteiger charge is 2.16. The molecule has 0 unspecified atom stereocenters. The topological polar surface area (TPSA) is 49.6 Å². The molecule has 1 aromatic carbocycles. The van der Waals surface area contributed by atoms with Gasteiger partial charge in [0.2, 0.25) is 5.91 Å². The Morgan fingerprint density at radius 1 is 1.10 bits per heavy atom. The molecule has 2 rings (SSSR count). The number of anilines is 2. The zero-order valence-corrected chi connectivity index (χ0v) is 12.3. The summed E-state index contributed by atoms with van der Waals surface area (Å²) < 4.78 is 0. The highest BCUT2D eigenvalue weighted by Crippen LogP contribution is 2.16. The highest BCUT2D eigenvalue weighted by molar-refractivity contribution is 5.94. The van der Waals surface area contributed by atoms with E-state index >= 15 is 0 Å². The summed E-state index contributed by atoms with van der Waals surface area (Å²) in [6.07, 6.45) is 6.34. The van der Waals surface area contributed by atoms with Gasteiger partial charge in [0.1, 0.15) is 0 Å². The van der Waals surface area contributed by atoms with Crippen LogP contribution in [0.1, 0.15) is 32.1 Å². The second kappa shape index (κ2) is 7.29. The summed E-state index contributed by atoms with van der Waals surface area (Å²) in [6, 6.07) is 7.44. The van der Waals surface area contributed by atoms with E-state index < -0.39 is 0 Å². The molecule has 20 heavy (non-hydrogen) atoms. The van der Waals surface area contributed by atoms with E-state index in [1.165, 1.54) is 32.1 Å². The lowest BCUT2D eigenvalue weighted by Gasteiger charge is -2.26. The number of benzene rings is 1. The van der Waals surface area contributed by atoms with Crippen LogP contribution in [-0.4, -0.2) is 37.5 Å². The van der Waals surface area contributed by atoms with Crippen LogP contribution < -0.4 is 10.6 Å². The van der Waals surface area contributed by atoms with Gasteiger partial charge < -0.3 is 10.6 Å². The fourth-order valence-electron chi connectivity index (χ4n) is 2.61. The van der Waals surface area contributed by atoms with E-state index in [0.717, 1.165) is 24.5 Å². The van der Waals surface area contributed by atoms with Crippen LogP contribution in [0.2, 0.25) is 0 Å². The van der Waals surface area contributed by atoms with E-state index in [2.05, 4.69) is 4.90 Å². The van der Waals surface area contributed by atoms with Gasteiger partial charge in [-0.05, 0) is 50.2 Å². The zero-order valence-electron chi connectivity index (χ0n) is 12.3. The Bertz CT molecular complexity index is 422. The number of likely N-dealkylation sites (tertiary alicyclic amines) is 1. The Morgan fingerprint density at radius 2 is 1.65 bits per heavy atom. The molecule has 0 saturated carbocycles. The normalized spacial score (nSPS) is 17.2. The lowest BCUT2D eigenvalue weighted by atomic mass is 10.1. The minimum absolute atomic E-state index is 0.148.